The molecule has 116 valence electrons. The van der Waals surface area contributed by atoms with Gasteiger partial charge in [-0.1, -0.05) is 15.9 Å². The number of hydrogen-bond acceptors (Lipinski definition) is 5. The Morgan fingerprint density at radius 3 is 2.48 bits per heavy atom. The number of carbonyl (C=O) groups excluding carboxylic acids is 1. The molecule has 0 saturated carbocycles. The molecule has 0 fully saturated rings. The van der Waals surface area contributed by atoms with Crippen LogP contribution in [0.3, 0.4) is 0 Å². The molecule has 1 aromatic carbocycles. The van der Waals surface area contributed by atoms with Gasteiger partial charge in [0.25, 0.3) is 0 Å². The van der Waals surface area contributed by atoms with E-state index in [1.807, 2.05) is 0 Å². The monoisotopic (exact) mass is 371 g/mol. The van der Waals surface area contributed by atoms with Gasteiger partial charge in [-0.05, 0) is 13.0 Å². The third kappa shape index (κ3) is 5.31. The van der Waals surface area contributed by atoms with Crippen LogP contribution in [0.4, 0.5) is 18.9 Å². The summed E-state index contributed by atoms with van der Waals surface area (Å²) in [4.78, 5) is 21.6. The van der Waals surface area contributed by atoms with Crippen molar-refractivity contribution in [3.05, 3.63) is 32.3 Å². The van der Waals surface area contributed by atoms with Crippen LogP contribution >= 0.6 is 15.9 Å². The minimum absolute atomic E-state index is 0.108. The minimum atomic E-state index is -4.82. The first-order valence-electron chi connectivity index (χ1n) is 5.44. The number of Topliss-reactive ketones (excluding diaryl/α,β-unsaturated/α-hetero) is 1. The van der Waals surface area contributed by atoms with Crippen molar-refractivity contribution in [2.45, 2.75) is 13.3 Å². The maximum atomic E-state index is 11.8. The lowest BCUT2D eigenvalue weighted by Crippen LogP contribution is -2.19. The van der Waals surface area contributed by atoms with Crippen LogP contribution in [0.1, 0.15) is 17.3 Å². The molecule has 0 spiro atoms. The van der Waals surface area contributed by atoms with Crippen molar-refractivity contribution in [3.8, 4) is 5.75 Å². The molecule has 0 N–H and O–H groups in total. The highest BCUT2D eigenvalue weighted by molar-refractivity contribution is 9.10. The number of ether oxygens (including phenoxy) is 2. The molecule has 0 aliphatic rings. The molecule has 1 rings (SSSR count). The van der Waals surface area contributed by atoms with Crippen LogP contribution < -0.4 is 4.74 Å². The molecular weight excluding hydrogens is 363 g/mol. The largest absolute Gasteiger partial charge is 0.522 e. The number of hydrogen-bond donors (Lipinski definition) is 0. The molecule has 0 saturated heterocycles. The van der Waals surface area contributed by atoms with E-state index < -0.39 is 36.0 Å². The number of nitro benzene ring substituents is 1. The Hall–Kier alpha value is -1.68. The van der Waals surface area contributed by atoms with E-state index in [-0.39, 0.29) is 15.8 Å². The Labute approximate surface area is 125 Å². The normalized spacial score (nSPS) is 11.3. The molecule has 6 nitrogen and oxygen atoms in total. The second kappa shape index (κ2) is 6.85. The van der Waals surface area contributed by atoms with Gasteiger partial charge < -0.3 is 4.74 Å². The Morgan fingerprint density at radius 1 is 1.38 bits per heavy atom. The zero-order valence-electron chi connectivity index (χ0n) is 10.6. The molecule has 0 radical (unpaired) electrons. The van der Waals surface area contributed by atoms with Gasteiger partial charge >= 0.3 is 12.0 Å². The SMILES string of the molecule is CC(=O)c1cc(Br)cc([N+](=O)[O-])c1OCCOC(F)(F)F. The number of alkyl halides is 3. The van der Waals surface area contributed by atoms with Crippen LogP contribution in [0.2, 0.25) is 0 Å². The molecular formula is C11H9BrF3NO5. The second-order valence-electron chi connectivity index (χ2n) is 3.76. The minimum Gasteiger partial charge on any atom is -0.484 e. The molecule has 10 heteroatoms. The highest BCUT2D eigenvalue weighted by Crippen LogP contribution is 2.35. The molecule has 0 bridgehead atoms. The number of nitro groups is 1. The summed E-state index contributed by atoms with van der Waals surface area (Å²) in [6, 6.07) is 2.38. The van der Waals surface area contributed by atoms with E-state index in [0.717, 1.165) is 13.0 Å². The molecule has 21 heavy (non-hydrogen) atoms. The average Bonchev–Trinajstić information content (AvgIpc) is 2.33. The maximum absolute atomic E-state index is 11.8. The van der Waals surface area contributed by atoms with Crippen molar-refractivity contribution in [1.29, 1.82) is 0 Å². The Balaban J connectivity index is 2.98. The van der Waals surface area contributed by atoms with E-state index in [0.29, 0.717) is 0 Å². The van der Waals surface area contributed by atoms with Crippen molar-refractivity contribution < 1.29 is 32.4 Å². The highest BCUT2D eigenvalue weighted by atomic mass is 79.9. The molecule has 0 aliphatic heterocycles. The molecule has 0 amide bonds. The first-order valence-corrected chi connectivity index (χ1v) is 6.23. The lowest BCUT2D eigenvalue weighted by atomic mass is 10.1. The molecule has 0 heterocycles. The van der Waals surface area contributed by atoms with Crippen molar-refractivity contribution in [2.24, 2.45) is 0 Å². The summed E-state index contributed by atoms with van der Waals surface area (Å²) in [6.07, 6.45) is -4.82. The number of halogens is 4. The molecule has 0 atom stereocenters. The smallest absolute Gasteiger partial charge is 0.484 e. The quantitative estimate of drug-likeness (QED) is 0.331. The summed E-state index contributed by atoms with van der Waals surface area (Å²) in [7, 11) is 0. The summed E-state index contributed by atoms with van der Waals surface area (Å²) in [5, 5.41) is 10.9. The second-order valence-corrected chi connectivity index (χ2v) is 4.67. The third-order valence-electron chi connectivity index (χ3n) is 2.21. The van der Waals surface area contributed by atoms with Crippen molar-refractivity contribution in [1.82, 2.24) is 0 Å². The van der Waals surface area contributed by atoms with Crippen LogP contribution in [-0.2, 0) is 4.74 Å². The standard InChI is InChI=1S/C11H9BrF3NO5/c1-6(17)8-4-7(12)5-9(16(18)19)10(8)20-2-3-21-11(13,14)15/h4-5H,2-3H2,1H3. The lowest BCUT2D eigenvalue weighted by Gasteiger charge is -2.12. The summed E-state index contributed by atoms with van der Waals surface area (Å²) in [6.45, 7) is -0.291. The van der Waals surface area contributed by atoms with Gasteiger partial charge in [0.1, 0.15) is 6.61 Å². The van der Waals surface area contributed by atoms with Gasteiger partial charge in [-0.2, -0.15) is 0 Å². The van der Waals surface area contributed by atoms with E-state index in [4.69, 9.17) is 4.74 Å². The maximum Gasteiger partial charge on any atom is 0.522 e. The zero-order chi connectivity index (χ0) is 16.2. The van der Waals surface area contributed by atoms with Gasteiger partial charge in [-0.3, -0.25) is 19.6 Å². The first-order chi connectivity index (χ1) is 9.61. The molecule has 0 aliphatic carbocycles. The number of carbonyl (C=O) groups is 1. The summed E-state index contributed by atoms with van der Waals surface area (Å²) >= 11 is 3.01. The van der Waals surface area contributed by atoms with E-state index in [9.17, 15) is 28.1 Å². The van der Waals surface area contributed by atoms with Crippen molar-refractivity contribution in [2.75, 3.05) is 13.2 Å². The van der Waals surface area contributed by atoms with E-state index in [1.165, 1.54) is 6.07 Å². The number of benzene rings is 1. The summed E-state index contributed by atoms with van der Waals surface area (Å²) in [5.41, 5.74) is -0.635. The fourth-order valence-corrected chi connectivity index (χ4v) is 1.87. The third-order valence-corrected chi connectivity index (χ3v) is 2.66. The van der Waals surface area contributed by atoms with Crippen LogP contribution in [0, 0.1) is 10.1 Å². The number of nitrogens with zero attached hydrogens (tertiary/aromatic N) is 1. The van der Waals surface area contributed by atoms with Gasteiger partial charge in [0.05, 0.1) is 17.1 Å². The van der Waals surface area contributed by atoms with Crippen LogP contribution in [0.15, 0.2) is 16.6 Å². The van der Waals surface area contributed by atoms with Gasteiger partial charge in [-0.25, -0.2) is 0 Å². The van der Waals surface area contributed by atoms with Gasteiger partial charge in [0.2, 0.25) is 5.75 Å². The lowest BCUT2D eigenvalue weighted by molar-refractivity contribution is -0.386. The predicted molar refractivity (Wildman–Crippen MR) is 68.3 cm³/mol. The van der Waals surface area contributed by atoms with Crippen molar-refractivity contribution in [3.63, 3.8) is 0 Å². The number of ketones is 1. The van der Waals surface area contributed by atoms with E-state index in [1.54, 1.807) is 0 Å². The summed E-state index contributed by atoms with van der Waals surface area (Å²) < 4.78 is 44.1. The first kappa shape index (κ1) is 17.4. The summed E-state index contributed by atoms with van der Waals surface area (Å²) in [5.74, 6) is -0.910. The van der Waals surface area contributed by atoms with Crippen LogP contribution in [-0.4, -0.2) is 30.3 Å². The molecule has 1 aromatic rings. The topological polar surface area (TPSA) is 78.7 Å². The van der Waals surface area contributed by atoms with Gasteiger partial charge in [0.15, 0.2) is 5.78 Å². The predicted octanol–water partition coefficient (Wildman–Crippen LogP) is 3.48. The number of rotatable bonds is 6. The fourth-order valence-electron chi connectivity index (χ4n) is 1.43. The highest BCUT2D eigenvalue weighted by Gasteiger charge is 2.29. The Bertz CT molecular complexity index is 526. The van der Waals surface area contributed by atoms with E-state index in [2.05, 4.69) is 20.7 Å². The molecule has 0 aromatic heterocycles. The van der Waals surface area contributed by atoms with Crippen LogP contribution in [0.5, 0.6) is 5.75 Å². The fraction of sp³-hybridized carbons (Fsp3) is 0.364. The average molecular weight is 372 g/mol. The van der Waals surface area contributed by atoms with E-state index >= 15 is 0 Å². The van der Waals surface area contributed by atoms with Gasteiger partial charge in [0, 0.05) is 10.5 Å². The van der Waals surface area contributed by atoms with Gasteiger partial charge in [-0.15, -0.1) is 13.2 Å². The van der Waals surface area contributed by atoms with Crippen molar-refractivity contribution >= 4 is 27.4 Å². The van der Waals surface area contributed by atoms with Crippen LogP contribution in [0.25, 0.3) is 0 Å². The molecule has 0 unspecified atom stereocenters. The Kier molecular flexibility index (Phi) is 5.67. The Morgan fingerprint density at radius 2 is 2.00 bits per heavy atom. The zero-order valence-corrected chi connectivity index (χ0v) is 12.2.